The molecular formula is C16H20Cl2N4O. The fourth-order valence-corrected chi connectivity index (χ4v) is 2.46. The van der Waals surface area contributed by atoms with Gasteiger partial charge in [0.15, 0.2) is 0 Å². The number of para-hydroxylation sites is 2. The molecule has 0 radical (unpaired) electrons. The van der Waals surface area contributed by atoms with Gasteiger partial charge < -0.3 is 16.0 Å². The van der Waals surface area contributed by atoms with Crippen LogP contribution in [0.2, 0.25) is 0 Å². The van der Waals surface area contributed by atoms with Crippen molar-refractivity contribution >= 4 is 47.9 Å². The van der Waals surface area contributed by atoms with Crippen molar-refractivity contribution in [3.63, 3.8) is 0 Å². The third kappa shape index (κ3) is 4.50. The zero-order valence-electron chi connectivity index (χ0n) is 12.6. The van der Waals surface area contributed by atoms with E-state index in [0.29, 0.717) is 16.9 Å². The summed E-state index contributed by atoms with van der Waals surface area (Å²) in [5.41, 5.74) is 7.51. The smallest absolute Gasteiger partial charge is 0.257 e. The van der Waals surface area contributed by atoms with Gasteiger partial charge in [0.2, 0.25) is 0 Å². The zero-order chi connectivity index (χ0) is 14.7. The lowest BCUT2D eigenvalue weighted by Gasteiger charge is -2.16. The van der Waals surface area contributed by atoms with Gasteiger partial charge in [0.25, 0.3) is 5.91 Å². The first kappa shape index (κ1) is 19.1. The number of carbonyl (C=O) groups is 1. The second kappa shape index (κ2) is 8.60. The fourth-order valence-electron chi connectivity index (χ4n) is 2.46. The van der Waals surface area contributed by atoms with Gasteiger partial charge in [-0.05, 0) is 37.1 Å². The van der Waals surface area contributed by atoms with E-state index >= 15 is 0 Å². The van der Waals surface area contributed by atoms with Crippen molar-refractivity contribution in [1.82, 2.24) is 4.98 Å². The molecule has 5 nitrogen and oxygen atoms in total. The molecule has 2 heterocycles. The number of rotatable bonds is 3. The van der Waals surface area contributed by atoms with Gasteiger partial charge in [-0.1, -0.05) is 12.1 Å². The van der Waals surface area contributed by atoms with E-state index in [9.17, 15) is 4.79 Å². The molecule has 0 atom stereocenters. The molecule has 0 bridgehead atoms. The standard InChI is InChI=1S/C16H18N4O.2ClH/c17-13-5-1-2-6-14(13)19-16(21)12-7-8-15(18-11-12)20-9-3-4-10-20;;/h1-2,5-8,11H,3-4,9-10,17H2,(H,19,21);2*1H. The van der Waals surface area contributed by atoms with Gasteiger partial charge in [-0.15, -0.1) is 24.8 Å². The first-order chi connectivity index (χ1) is 10.2. The number of halogens is 2. The summed E-state index contributed by atoms with van der Waals surface area (Å²) in [6.07, 6.45) is 4.02. The molecule has 1 amide bonds. The Kier molecular flexibility index (Phi) is 7.13. The van der Waals surface area contributed by atoms with E-state index in [0.717, 1.165) is 18.9 Å². The number of anilines is 3. The highest BCUT2D eigenvalue weighted by atomic mass is 35.5. The third-order valence-corrected chi connectivity index (χ3v) is 3.65. The monoisotopic (exact) mass is 354 g/mol. The molecule has 124 valence electrons. The normalized spacial score (nSPS) is 13.0. The van der Waals surface area contributed by atoms with Crippen LogP contribution in [0.1, 0.15) is 23.2 Å². The molecule has 1 aromatic carbocycles. The Bertz CT molecular complexity index is 643. The minimum Gasteiger partial charge on any atom is -0.397 e. The largest absolute Gasteiger partial charge is 0.397 e. The van der Waals surface area contributed by atoms with Crippen LogP contribution < -0.4 is 16.0 Å². The van der Waals surface area contributed by atoms with Crippen molar-refractivity contribution in [2.24, 2.45) is 0 Å². The van der Waals surface area contributed by atoms with Crippen molar-refractivity contribution in [2.45, 2.75) is 12.8 Å². The van der Waals surface area contributed by atoms with Crippen LogP contribution in [0.5, 0.6) is 0 Å². The van der Waals surface area contributed by atoms with E-state index in [-0.39, 0.29) is 30.7 Å². The molecule has 3 N–H and O–H groups in total. The molecule has 0 unspecified atom stereocenters. The average Bonchev–Trinajstić information content (AvgIpc) is 3.04. The molecule has 1 aliphatic rings. The quantitative estimate of drug-likeness (QED) is 0.829. The Balaban J connectivity index is 0.00000132. The van der Waals surface area contributed by atoms with Crippen LogP contribution in [-0.2, 0) is 0 Å². The maximum absolute atomic E-state index is 12.2. The summed E-state index contributed by atoms with van der Waals surface area (Å²) in [4.78, 5) is 18.8. The predicted molar refractivity (Wildman–Crippen MR) is 99.0 cm³/mol. The van der Waals surface area contributed by atoms with E-state index in [1.54, 1.807) is 24.4 Å². The van der Waals surface area contributed by atoms with Crippen LogP contribution in [0.3, 0.4) is 0 Å². The summed E-state index contributed by atoms with van der Waals surface area (Å²) in [5, 5.41) is 2.80. The highest BCUT2D eigenvalue weighted by Crippen LogP contribution is 2.20. The Morgan fingerprint density at radius 1 is 1.09 bits per heavy atom. The molecule has 1 aliphatic heterocycles. The highest BCUT2D eigenvalue weighted by molar-refractivity contribution is 6.05. The number of aromatic nitrogens is 1. The van der Waals surface area contributed by atoms with E-state index in [1.807, 2.05) is 18.2 Å². The van der Waals surface area contributed by atoms with Gasteiger partial charge in [0.05, 0.1) is 16.9 Å². The minimum absolute atomic E-state index is 0. The molecule has 0 aliphatic carbocycles. The minimum atomic E-state index is -0.201. The van der Waals surface area contributed by atoms with E-state index in [2.05, 4.69) is 15.2 Å². The average molecular weight is 355 g/mol. The number of nitrogens with two attached hydrogens (primary N) is 1. The van der Waals surface area contributed by atoms with Crippen LogP contribution in [0, 0.1) is 0 Å². The van der Waals surface area contributed by atoms with Crippen LogP contribution in [0.25, 0.3) is 0 Å². The van der Waals surface area contributed by atoms with Gasteiger partial charge in [-0.25, -0.2) is 4.98 Å². The number of carbonyl (C=O) groups excluding carboxylic acids is 1. The number of nitrogens with one attached hydrogen (secondary N) is 1. The molecule has 3 rings (SSSR count). The second-order valence-electron chi connectivity index (χ2n) is 5.14. The molecule has 7 heteroatoms. The Morgan fingerprint density at radius 3 is 2.39 bits per heavy atom. The fraction of sp³-hybridized carbons (Fsp3) is 0.250. The van der Waals surface area contributed by atoms with E-state index in [1.165, 1.54) is 12.8 Å². The van der Waals surface area contributed by atoms with Crippen molar-refractivity contribution in [1.29, 1.82) is 0 Å². The van der Waals surface area contributed by atoms with E-state index in [4.69, 9.17) is 5.73 Å². The van der Waals surface area contributed by atoms with Crippen molar-refractivity contribution in [2.75, 3.05) is 29.0 Å². The number of nitrogen functional groups attached to an aromatic ring is 1. The number of hydrogen-bond donors (Lipinski definition) is 2. The van der Waals surface area contributed by atoms with Crippen LogP contribution in [0.15, 0.2) is 42.6 Å². The van der Waals surface area contributed by atoms with Crippen LogP contribution in [0.4, 0.5) is 17.2 Å². The maximum Gasteiger partial charge on any atom is 0.257 e. The summed E-state index contributed by atoms with van der Waals surface area (Å²) < 4.78 is 0. The maximum atomic E-state index is 12.2. The molecule has 1 fully saturated rings. The number of pyridine rings is 1. The van der Waals surface area contributed by atoms with Crippen molar-refractivity contribution in [3.05, 3.63) is 48.2 Å². The Labute approximate surface area is 148 Å². The summed E-state index contributed by atoms with van der Waals surface area (Å²) in [6.45, 7) is 2.08. The van der Waals surface area contributed by atoms with Gasteiger partial charge >= 0.3 is 0 Å². The highest BCUT2D eigenvalue weighted by Gasteiger charge is 2.14. The molecule has 0 spiro atoms. The molecule has 1 aromatic heterocycles. The second-order valence-corrected chi connectivity index (χ2v) is 5.14. The molecular weight excluding hydrogens is 335 g/mol. The number of benzene rings is 1. The summed E-state index contributed by atoms with van der Waals surface area (Å²) in [6, 6.07) is 10.9. The molecule has 1 saturated heterocycles. The number of amides is 1. The van der Waals surface area contributed by atoms with Gasteiger partial charge in [-0.2, -0.15) is 0 Å². The Hall–Kier alpha value is -1.98. The SMILES string of the molecule is Cl.Cl.Nc1ccccc1NC(=O)c1ccc(N2CCCC2)nc1. The summed E-state index contributed by atoms with van der Waals surface area (Å²) in [5.74, 6) is 0.733. The molecule has 0 saturated carbocycles. The zero-order valence-corrected chi connectivity index (χ0v) is 14.2. The lowest BCUT2D eigenvalue weighted by molar-refractivity contribution is 0.102. The number of nitrogens with zero attached hydrogens (tertiary/aromatic N) is 2. The molecule has 23 heavy (non-hydrogen) atoms. The lowest BCUT2D eigenvalue weighted by atomic mass is 10.2. The lowest BCUT2D eigenvalue weighted by Crippen LogP contribution is -2.19. The summed E-state index contributed by atoms with van der Waals surface area (Å²) >= 11 is 0. The number of hydrogen-bond acceptors (Lipinski definition) is 4. The molecule has 2 aromatic rings. The summed E-state index contributed by atoms with van der Waals surface area (Å²) in [7, 11) is 0. The predicted octanol–water partition coefficient (Wildman–Crippen LogP) is 3.36. The van der Waals surface area contributed by atoms with Gasteiger partial charge in [0, 0.05) is 19.3 Å². The third-order valence-electron chi connectivity index (χ3n) is 3.65. The van der Waals surface area contributed by atoms with Crippen LogP contribution in [-0.4, -0.2) is 24.0 Å². The first-order valence-corrected chi connectivity index (χ1v) is 7.11. The Morgan fingerprint density at radius 2 is 1.78 bits per heavy atom. The van der Waals surface area contributed by atoms with Crippen molar-refractivity contribution < 1.29 is 4.79 Å². The first-order valence-electron chi connectivity index (χ1n) is 7.11. The van der Waals surface area contributed by atoms with Gasteiger partial charge in [-0.3, -0.25) is 4.79 Å². The topological polar surface area (TPSA) is 71.2 Å². The van der Waals surface area contributed by atoms with Gasteiger partial charge in [0.1, 0.15) is 5.82 Å². The van der Waals surface area contributed by atoms with Crippen molar-refractivity contribution in [3.8, 4) is 0 Å². The van der Waals surface area contributed by atoms with E-state index < -0.39 is 0 Å². The van der Waals surface area contributed by atoms with Crippen LogP contribution >= 0.6 is 24.8 Å².